The predicted octanol–water partition coefficient (Wildman–Crippen LogP) is 4.01. The van der Waals surface area contributed by atoms with Crippen molar-refractivity contribution in [2.75, 3.05) is 26.2 Å². The van der Waals surface area contributed by atoms with Crippen molar-refractivity contribution in [3.8, 4) is 5.75 Å². The second kappa shape index (κ2) is 14.2. The molecule has 208 valence electrons. The summed E-state index contributed by atoms with van der Waals surface area (Å²) in [7, 11) is 0. The van der Waals surface area contributed by atoms with Crippen LogP contribution in [0.3, 0.4) is 0 Å². The Bertz CT molecular complexity index is 1100. The highest BCUT2D eigenvalue weighted by molar-refractivity contribution is 6.31. The quantitative estimate of drug-likeness (QED) is 0.570. The Morgan fingerprint density at radius 2 is 2.00 bits per heavy atom. The first-order valence-corrected chi connectivity index (χ1v) is 13.8. The molecule has 1 aliphatic rings. The summed E-state index contributed by atoms with van der Waals surface area (Å²) in [5, 5.41) is 6.41. The summed E-state index contributed by atoms with van der Waals surface area (Å²) in [5.74, 6) is 1.33. The minimum atomic E-state index is -0.282. The second-order valence-electron chi connectivity index (χ2n) is 10.5. The Hall–Kier alpha value is -3.07. The molecule has 0 unspecified atom stereocenters. The SMILES string of the molecule is CC(C)C[C@H]1COc2ccc(Cl)cc2C(=O)NCCCCN(C(=O)CCn2ccnc2C(C)C)CC(=O)N1. The highest BCUT2D eigenvalue weighted by Crippen LogP contribution is 2.24. The highest BCUT2D eigenvalue weighted by Gasteiger charge is 2.22. The molecule has 1 aromatic carbocycles. The molecule has 2 N–H and O–H groups in total. The average Bonchev–Trinajstić information content (AvgIpc) is 3.33. The lowest BCUT2D eigenvalue weighted by Crippen LogP contribution is -2.47. The molecule has 0 fully saturated rings. The molecule has 0 aliphatic carbocycles. The lowest BCUT2D eigenvalue weighted by Gasteiger charge is -2.25. The summed E-state index contributed by atoms with van der Waals surface area (Å²) in [4.78, 5) is 45.2. The van der Waals surface area contributed by atoms with Crippen LogP contribution in [0.15, 0.2) is 30.6 Å². The van der Waals surface area contributed by atoms with Gasteiger partial charge in [0.2, 0.25) is 11.8 Å². The Morgan fingerprint density at radius 1 is 1.21 bits per heavy atom. The van der Waals surface area contributed by atoms with Crippen LogP contribution < -0.4 is 15.4 Å². The monoisotopic (exact) mass is 545 g/mol. The first kappa shape index (κ1) is 29.5. The minimum Gasteiger partial charge on any atom is -0.491 e. The van der Waals surface area contributed by atoms with Gasteiger partial charge in [0.15, 0.2) is 0 Å². The Balaban J connectivity index is 1.74. The van der Waals surface area contributed by atoms with Crippen molar-refractivity contribution < 1.29 is 19.1 Å². The van der Waals surface area contributed by atoms with Crippen LogP contribution in [0.25, 0.3) is 0 Å². The van der Waals surface area contributed by atoms with Gasteiger partial charge in [0, 0.05) is 49.4 Å². The number of carbonyl (C=O) groups excluding carboxylic acids is 3. The van der Waals surface area contributed by atoms with E-state index < -0.39 is 0 Å². The maximum absolute atomic E-state index is 13.2. The molecule has 0 bridgehead atoms. The Kier molecular flexibility index (Phi) is 11.0. The molecule has 1 aromatic heterocycles. The zero-order valence-electron chi connectivity index (χ0n) is 22.8. The molecule has 38 heavy (non-hydrogen) atoms. The molecule has 3 rings (SSSR count). The average molecular weight is 546 g/mol. The van der Waals surface area contributed by atoms with Crippen LogP contribution in [0.2, 0.25) is 5.02 Å². The van der Waals surface area contributed by atoms with Crippen molar-refractivity contribution in [2.45, 2.75) is 71.9 Å². The van der Waals surface area contributed by atoms with E-state index in [0.29, 0.717) is 61.2 Å². The number of rotatable bonds is 6. The van der Waals surface area contributed by atoms with Gasteiger partial charge in [0.1, 0.15) is 18.2 Å². The first-order valence-electron chi connectivity index (χ1n) is 13.4. The second-order valence-corrected chi connectivity index (χ2v) is 10.9. The van der Waals surface area contributed by atoms with Crippen molar-refractivity contribution in [3.63, 3.8) is 0 Å². The fraction of sp³-hybridized carbons (Fsp3) is 0.571. The smallest absolute Gasteiger partial charge is 0.255 e. The topological polar surface area (TPSA) is 106 Å². The van der Waals surface area contributed by atoms with E-state index in [1.54, 1.807) is 29.3 Å². The Morgan fingerprint density at radius 3 is 2.74 bits per heavy atom. The highest BCUT2D eigenvalue weighted by atomic mass is 35.5. The van der Waals surface area contributed by atoms with E-state index in [4.69, 9.17) is 16.3 Å². The van der Waals surface area contributed by atoms with Crippen molar-refractivity contribution in [2.24, 2.45) is 5.92 Å². The lowest BCUT2D eigenvalue weighted by molar-refractivity contribution is -0.136. The number of aromatic nitrogens is 2. The number of fused-ring (bicyclic) bond motifs is 1. The number of halogens is 1. The first-order chi connectivity index (χ1) is 18.1. The minimum absolute atomic E-state index is 0.0209. The van der Waals surface area contributed by atoms with E-state index in [1.807, 2.05) is 10.8 Å². The number of aryl methyl sites for hydroxylation is 1. The van der Waals surface area contributed by atoms with Crippen LogP contribution in [-0.4, -0.2) is 64.5 Å². The number of amides is 3. The molecule has 0 spiro atoms. The zero-order valence-corrected chi connectivity index (χ0v) is 23.6. The van der Waals surface area contributed by atoms with E-state index in [-0.39, 0.29) is 49.3 Å². The van der Waals surface area contributed by atoms with E-state index in [0.717, 1.165) is 5.82 Å². The van der Waals surface area contributed by atoms with Gasteiger partial charge in [-0.2, -0.15) is 0 Å². The molecule has 2 aromatic rings. The maximum atomic E-state index is 13.2. The van der Waals surface area contributed by atoms with Gasteiger partial charge in [-0.3, -0.25) is 14.4 Å². The number of hydrogen-bond donors (Lipinski definition) is 2. The van der Waals surface area contributed by atoms with Crippen LogP contribution in [0.1, 0.15) is 75.5 Å². The van der Waals surface area contributed by atoms with Crippen LogP contribution in [-0.2, 0) is 16.1 Å². The third-order valence-corrected chi connectivity index (χ3v) is 6.64. The fourth-order valence-electron chi connectivity index (χ4n) is 4.58. The van der Waals surface area contributed by atoms with Crippen LogP contribution in [0.4, 0.5) is 0 Å². The van der Waals surface area contributed by atoms with Gasteiger partial charge >= 0.3 is 0 Å². The molecule has 10 heteroatoms. The van der Waals surface area contributed by atoms with E-state index in [9.17, 15) is 14.4 Å². The molecule has 1 aliphatic heterocycles. The molecular weight excluding hydrogens is 506 g/mol. The van der Waals surface area contributed by atoms with Crippen molar-refractivity contribution in [3.05, 3.63) is 47.0 Å². The number of ether oxygens (including phenoxy) is 1. The largest absolute Gasteiger partial charge is 0.491 e. The van der Waals surface area contributed by atoms with E-state index in [1.165, 1.54) is 0 Å². The van der Waals surface area contributed by atoms with Crippen LogP contribution in [0.5, 0.6) is 5.75 Å². The molecular formula is C28H40ClN5O4. The number of benzene rings is 1. The zero-order chi connectivity index (χ0) is 27.7. The van der Waals surface area contributed by atoms with Crippen molar-refractivity contribution in [1.82, 2.24) is 25.1 Å². The standard InChI is InChI=1S/C28H40ClN5O4/c1-19(2)15-22-18-38-24-8-7-21(29)16-23(24)28(37)31-10-5-6-12-34(17-25(35)32-22)26(36)9-13-33-14-11-30-27(33)20(3)4/h7-8,11,14,16,19-20,22H,5-6,9-10,12-13,15,17-18H2,1-4H3,(H,31,37)(H,32,35)/t22-/m0/s1. The van der Waals surface area contributed by atoms with Gasteiger partial charge in [-0.1, -0.05) is 39.3 Å². The third-order valence-electron chi connectivity index (χ3n) is 6.41. The van der Waals surface area contributed by atoms with E-state index >= 15 is 0 Å². The lowest BCUT2D eigenvalue weighted by atomic mass is 10.0. The number of carbonyl (C=O) groups is 3. The van der Waals surface area contributed by atoms with Gasteiger partial charge < -0.3 is 24.8 Å². The number of imidazole rings is 1. The summed E-state index contributed by atoms with van der Waals surface area (Å²) in [5.41, 5.74) is 0.360. The summed E-state index contributed by atoms with van der Waals surface area (Å²) in [6, 6.07) is 4.66. The molecule has 1 atom stereocenters. The molecule has 9 nitrogen and oxygen atoms in total. The summed E-state index contributed by atoms with van der Waals surface area (Å²) >= 11 is 6.15. The summed E-state index contributed by atoms with van der Waals surface area (Å²) in [6.45, 7) is 9.81. The van der Waals surface area contributed by atoms with Gasteiger partial charge in [0.05, 0.1) is 18.2 Å². The van der Waals surface area contributed by atoms with Gasteiger partial charge in [-0.25, -0.2) is 4.98 Å². The van der Waals surface area contributed by atoms with Crippen LogP contribution >= 0.6 is 11.6 Å². The van der Waals surface area contributed by atoms with Crippen molar-refractivity contribution in [1.29, 1.82) is 0 Å². The fourth-order valence-corrected chi connectivity index (χ4v) is 4.75. The normalized spacial score (nSPS) is 17.8. The summed E-state index contributed by atoms with van der Waals surface area (Å²) < 4.78 is 8.00. The Labute approximate surface area is 230 Å². The van der Waals surface area contributed by atoms with Gasteiger partial charge in [-0.15, -0.1) is 0 Å². The van der Waals surface area contributed by atoms with Crippen LogP contribution in [0, 0.1) is 5.92 Å². The number of nitrogens with one attached hydrogen (secondary N) is 2. The summed E-state index contributed by atoms with van der Waals surface area (Å²) in [6.07, 6.45) is 5.89. The number of nitrogens with zero attached hydrogens (tertiary/aromatic N) is 3. The van der Waals surface area contributed by atoms with Gasteiger partial charge in [0.25, 0.3) is 5.91 Å². The maximum Gasteiger partial charge on any atom is 0.255 e. The number of hydrogen-bond acceptors (Lipinski definition) is 5. The van der Waals surface area contributed by atoms with Crippen molar-refractivity contribution >= 4 is 29.3 Å². The molecule has 3 amide bonds. The van der Waals surface area contributed by atoms with E-state index in [2.05, 4.69) is 43.3 Å². The molecule has 0 saturated carbocycles. The molecule has 0 saturated heterocycles. The molecule has 0 radical (unpaired) electrons. The predicted molar refractivity (Wildman–Crippen MR) is 147 cm³/mol. The third kappa shape index (κ3) is 8.75. The van der Waals surface area contributed by atoms with Gasteiger partial charge in [-0.05, 0) is 43.4 Å². The molecule has 2 heterocycles.